The van der Waals surface area contributed by atoms with Crippen LogP contribution in [0.3, 0.4) is 0 Å². The second kappa shape index (κ2) is 6.25. The zero-order chi connectivity index (χ0) is 15.6. The monoisotopic (exact) mass is 286 g/mol. The van der Waals surface area contributed by atoms with Gasteiger partial charge in [-0.3, -0.25) is 9.59 Å². The number of unbranched alkanes of at least 4 members (excludes halogenated alkanes) is 1. The minimum absolute atomic E-state index is 0.400. The number of rotatable bonds is 5. The summed E-state index contributed by atoms with van der Waals surface area (Å²) in [5, 5.41) is 0. The lowest BCUT2D eigenvalue weighted by Crippen LogP contribution is -2.25. The maximum Gasteiger partial charge on any atom is 0.234 e. The molecule has 0 N–H and O–H groups in total. The number of allylic oxidation sites excluding steroid dienone is 1. The summed E-state index contributed by atoms with van der Waals surface area (Å²) in [4.78, 5) is 24.8. The molecule has 0 unspecified atom stereocenters. The molecule has 0 fully saturated rings. The number of aryl methyl sites for hydroxylation is 2. The van der Waals surface area contributed by atoms with E-state index in [1.54, 1.807) is 6.07 Å². The van der Waals surface area contributed by atoms with Gasteiger partial charge in [-0.15, -0.1) is 0 Å². The van der Waals surface area contributed by atoms with Gasteiger partial charge in [0.05, 0.1) is 6.61 Å². The first-order chi connectivity index (χ1) is 10.0. The highest BCUT2D eigenvalue weighted by molar-refractivity contribution is 6.52. The summed E-state index contributed by atoms with van der Waals surface area (Å²) >= 11 is 0. The molecule has 0 atom stereocenters. The van der Waals surface area contributed by atoms with Gasteiger partial charge in [0, 0.05) is 16.7 Å². The maximum absolute atomic E-state index is 12.4. The standard InChI is InChI=1S/C18H22O3/c1-5-7-8-13-16(19)17(20)14-9-11(3)12(4)10-15(14)18(13)21-6-2/h9-10H,5-8H2,1-4H3. The van der Waals surface area contributed by atoms with Crippen molar-refractivity contribution in [3.63, 3.8) is 0 Å². The molecule has 3 heteroatoms. The number of fused-ring (bicyclic) bond motifs is 1. The molecule has 21 heavy (non-hydrogen) atoms. The Morgan fingerprint density at radius 1 is 0.952 bits per heavy atom. The lowest BCUT2D eigenvalue weighted by atomic mass is 9.84. The third kappa shape index (κ3) is 2.78. The van der Waals surface area contributed by atoms with E-state index in [4.69, 9.17) is 4.74 Å². The Hall–Kier alpha value is -1.90. The van der Waals surface area contributed by atoms with Crippen molar-refractivity contribution in [3.05, 3.63) is 40.0 Å². The number of benzene rings is 1. The summed E-state index contributed by atoms with van der Waals surface area (Å²) in [6, 6.07) is 3.77. The molecule has 112 valence electrons. The van der Waals surface area contributed by atoms with E-state index in [-0.39, 0.29) is 0 Å². The summed E-state index contributed by atoms with van der Waals surface area (Å²) < 4.78 is 5.74. The number of hydrogen-bond acceptors (Lipinski definition) is 3. The van der Waals surface area contributed by atoms with E-state index < -0.39 is 11.6 Å². The Morgan fingerprint density at radius 3 is 2.14 bits per heavy atom. The SMILES string of the molecule is CCCCC1=C(OCC)c2cc(C)c(C)cc2C(=O)C1=O. The second-order valence-corrected chi connectivity index (χ2v) is 5.48. The van der Waals surface area contributed by atoms with E-state index in [0.717, 1.165) is 29.5 Å². The first-order valence-corrected chi connectivity index (χ1v) is 7.57. The van der Waals surface area contributed by atoms with E-state index in [0.29, 0.717) is 29.9 Å². The molecule has 1 aromatic carbocycles. The molecule has 2 rings (SSSR count). The highest BCUT2D eigenvalue weighted by atomic mass is 16.5. The summed E-state index contributed by atoms with van der Waals surface area (Å²) in [6.45, 7) is 8.40. The molecule has 0 saturated carbocycles. The van der Waals surface area contributed by atoms with Gasteiger partial charge in [-0.1, -0.05) is 13.3 Å². The van der Waals surface area contributed by atoms with Crippen molar-refractivity contribution in [1.29, 1.82) is 0 Å². The molecule has 1 aromatic rings. The summed E-state index contributed by atoms with van der Waals surface area (Å²) in [5.74, 6) is -0.195. The summed E-state index contributed by atoms with van der Waals surface area (Å²) in [5.41, 5.74) is 3.91. The maximum atomic E-state index is 12.4. The van der Waals surface area contributed by atoms with E-state index in [2.05, 4.69) is 6.92 Å². The molecule has 3 nitrogen and oxygen atoms in total. The Morgan fingerprint density at radius 2 is 1.57 bits per heavy atom. The molecule has 0 aromatic heterocycles. The number of ketones is 2. The van der Waals surface area contributed by atoms with Crippen molar-refractivity contribution in [2.75, 3.05) is 6.61 Å². The van der Waals surface area contributed by atoms with Gasteiger partial charge in [-0.2, -0.15) is 0 Å². The average Bonchev–Trinajstić information content (AvgIpc) is 2.46. The van der Waals surface area contributed by atoms with E-state index >= 15 is 0 Å². The van der Waals surface area contributed by atoms with Crippen LogP contribution in [0.2, 0.25) is 0 Å². The topological polar surface area (TPSA) is 43.4 Å². The highest BCUT2D eigenvalue weighted by Crippen LogP contribution is 2.34. The van der Waals surface area contributed by atoms with E-state index in [1.165, 1.54) is 0 Å². The third-order valence-corrected chi connectivity index (χ3v) is 3.95. The lowest BCUT2D eigenvalue weighted by Gasteiger charge is -2.22. The summed E-state index contributed by atoms with van der Waals surface area (Å²) in [6.07, 6.45) is 2.46. The molecule has 0 heterocycles. The van der Waals surface area contributed by atoms with Gasteiger partial charge in [-0.25, -0.2) is 0 Å². The molecule has 0 bridgehead atoms. The fourth-order valence-electron chi connectivity index (χ4n) is 2.61. The first-order valence-electron chi connectivity index (χ1n) is 7.57. The van der Waals surface area contributed by atoms with Gasteiger partial charge < -0.3 is 4.74 Å². The van der Waals surface area contributed by atoms with Crippen molar-refractivity contribution in [3.8, 4) is 0 Å². The number of hydrogen-bond donors (Lipinski definition) is 0. The van der Waals surface area contributed by atoms with Crippen molar-refractivity contribution < 1.29 is 14.3 Å². The van der Waals surface area contributed by atoms with Crippen LogP contribution in [-0.2, 0) is 9.53 Å². The smallest absolute Gasteiger partial charge is 0.234 e. The third-order valence-electron chi connectivity index (χ3n) is 3.95. The van der Waals surface area contributed by atoms with Crippen LogP contribution in [0, 0.1) is 13.8 Å². The lowest BCUT2D eigenvalue weighted by molar-refractivity contribution is -0.112. The molecule has 1 aliphatic rings. The van der Waals surface area contributed by atoms with Crippen molar-refractivity contribution in [1.82, 2.24) is 0 Å². The van der Waals surface area contributed by atoms with E-state index in [1.807, 2.05) is 26.8 Å². The van der Waals surface area contributed by atoms with Crippen molar-refractivity contribution in [2.24, 2.45) is 0 Å². The number of carbonyl (C=O) groups is 2. The van der Waals surface area contributed by atoms with Gasteiger partial charge in [-0.05, 0) is 56.9 Å². The minimum atomic E-state index is -0.400. The average molecular weight is 286 g/mol. The quantitative estimate of drug-likeness (QED) is 0.768. The Balaban J connectivity index is 2.65. The van der Waals surface area contributed by atoms with Gasteiger partial charge in [0.2, 0.25) is 11.6 Å². The van der Waals surface area contributed by atoms with Gasteiger partial charge in [0.25, 0.3) is 0 Å². The van der Waals surface area contributed by atoms with Gasteiger partial charge >= 0.3 is 0 Å². The van der Waals surface area contributed by atoms with Crippen LogP contribution in [0.4, 0.5) is 0 Å². The van der Waals surface area contributed by atoms with Crippen LogP contribution >= 0.6 is 0 Å². The molecule has 0 amide bonds. The molecular formula is C18H22O3. The fraction of sp³-hybridized carbons (Fsp3) is 0.444. The normalized spacial score (nSPS) is 14.5. The predicted molar refractivity (Wildman–Crippen MR) is 83.3 cm³/mol. The Kier molecular flexibility index (Phi) is 4.61. The molecule has 0 saturated heterocycles. The molecular weight excluding hydrogens is 264 g/mol. The van der Waals surface area contributed by atoms with Crippen LogP contribution in [0.15, 0.2) is 17.7 Å². The zero-order valence-corrected chi connectivity index (χ0v) is 13.2. The second-order valence-electron chi connectivity index (χ2n) is 5.48. The fourth-order valence-corrected chi connectivity index (χ4v) is 2.61. The van der Waals surface area contributed by atoms with Crippen LogP contribution in [0.5, 0.6) is 0 Å². The minimum Gasteiger partial charge on any atom is -0.493 e. The number of Topliss-reactive ketones (excluding diaryl/α,β-unsaturated/α-hetero) is 2. The first kappa shape index (κ1) is 15.5. The Bertz CT molecular complexity index is 624. The zero-order valence-electron chi connectivity index (χ0n) is 13.2. The molecule has 0 radical (unpaired) electrons. The van der Waals surface area contributed by atoms with Crippen molar-refractivity contribution >= 4 is 17.3 Å². The molecule has 0 spiro atoms. The number of carbonyl (C=O) groups excluding carboxylic acids is 2. The van der Waals surface area contributed by atoms with Crippen LogP contribution in [0.25, 0.3) is 5.76 Å². The molecule has 0 aliphatic heterocycles. The Labute approximate surface area is 126 Å². The predicted octanol–water partition coefficient (Wildman–Crippen LogP) is 4.01. The van der Waals surface area contributed by atoms with Crippen LogP contribution in [-0.4, -0.2) is 18.2 Å². The summed E-state index contributed by atoms with van der Waals surface area (Å²) in [7, 11) is 0. The van der Waals surface area contributed by atoms with Gasteiger partial charge in [0.15, 0.2) is 0 Å². The van der Waals surface area contributed by atoms with Gasteiger partial charge in [0.1, 0.15) is 5.76 Å². The van der Waals surface area contributed by atoms with Crippen LogP contribution < -0.4 is 0 Å². The van der Waals surface area contributed by atoms with E-state index in [9.17, 15) is 9.59 Å². The van der Waals surface area contributed by atoms with Crippen molar-refractivity contribution in [2.45, 2.75) is 47.0 Å². The highest BCUT2D eigenvalue weighted by Gasteiger charge is 2.33. The van der Waals surface area contributed by atoms with Crippen LogP contribution in [0.1, 0.15) is 60.2 Å². The molecule has 1 aliphatic carbocycles. The largest absolute Gasteiger partial charge is 0.493 e. The number of ether oxygens (including phenoxy) is 1.